The Morgan fingerprint density at radius 3 is 2.33 bits per heavy atom. The summed E-state index contributed by atoms with van der Waals surface area (Å²) < 4.78 is 0.878. The molecule has 0 radical (unpaired) electrons. The molecule has 0 aliphatic carbocycles. The average molecular weight is 463 g/mol. The van der Waals surface area contributed by atoms with E-state index in [0.29, 0.717) is 41.3 Å². The number of benzene rings is 2. The van der Waals surface area contributed by atoms with Crippen molar-refractivity contribution in [2.75, 3.05) is 13.1 Å². The van der Waals surface area contributed by atoms with Crippen molar-refractivity contribution in [1.29, 1.82) is 5.26 Å². The standard InChI is InChI=1S/C23H19BrN4O2/c24-16-10-8-15(9-11-16)22(29)27-21-18-7-3-2-6-17(18)20(26-21)19(14-25)23(30)28-12-4-1-5-13-28/h2-3,6-11H,1,4-5,12-13H2,(H,26,27,29)/b20-19-. The number of carbonyl (C=O) groups is 2. The Morgan fingerprint density at radius 1 is 1.00 bits per heavy atom. The van der Waals surface area contributed by atoms with Crippen LogP contribution in [0.1, 0.15) is 40.7 Å². The van der Waals surface area contributed by atoms with Crippen molar-refractivity contribution >= 4 is 39.3 Å². The van der Waals surface area contributed by atoms with Gasteiger partial charge in [0.25, 0.3) is 11.8 Å². The number of piperidine rings is 1. The van der Waals surface area contributed by atoms with Gasteiger partial charge in [0.05, 0.1) is 5.70 Å². The molecule has 0 saturated carbocycles. The first-order valence-corrected chi connectivity index (χ1v) is 10.6. The fourth-order valence-electron chi connectivity index (χ4n) is 3.65. The first-order valence-electron chi connectivity index (χ1n) is 9.77. The van der Waals surface area contributed by atoms with Gasteiger partial charge in [0.15, 0.2) is 0 Å². The van der Waals surface area contributed by atoms with Crippen molar-refractivity contribution < 1.29 is 9.59 Å². The van der Waals surface area contributed by atoms with Gasteiger partial charge in [-0.1, -0.05) is 40.2 Å². The van der Waals surface area contributed by atoms with Gasteiger partial charge in [-0.25, -0.2) is 4.99 Å². The molecule has 2 aliphatic rings. The lowest BCUT2D eigenvalue weighted by atomic mass is 10.0. The lowest BCUT2D eigenvalue weighted by Crippen LogP contribution is -2.36. The zero-order valence-corrected chi connectivity index (χ0v) is 17.8. The number of nitrogens with one attached hydrogen (secondary N) is 1. The molecule has 4 rings (SSSR count). The summed E-state index contributed by atoms with van der Waals surface area (Å²) in [7, 11) is 0. The van der Waals surface area contributed by atoms with Gasteiger partial charge in [-0.15, -0.1) is 0 Å². The lowest BCUT2D eigenvalue weighted by molar-refractivity contribution is -0.127. The zero-order chi connectivity index (χ0) is 21.1. The summed E-state index contributed by atoms with van der Waals surface area (Å²) >= 11 is 3.35. The van der Waals surface area contributed by atoms with E-state index in [1.54, 1.807) is 29.2 Å². The molecule has 2 aliphatic heterocycles. The van der Waals surface area contributed by atoms with E-state index < -0.39 is 0 Å². The minimum absolute atomic E-state index is 0.0113. The maximum absolute atomic E-state index is 13.0. The number of hydrogen-bond donors (Lipinski definition) is 1. The highest BCUT2D eigenvalue weighted by Crippen LogP contribution is 2.31. The van der Waals surface area contributed by atoms with Crippen molar-refractivity contribution in [3.8, 4) is 6.07 Å². The fourth-order valence-corrected chi connectivity index (χ4v) is 3.92. The second kappa shape index (κ2) is 8.64. The predicted octanol–water partition coefficient (Wildman–Crippen LogP) is 3.89. The first-order chi connectivity index (χ1) is 14.6. The molecule has 0 aromatic heterocycles. The molecule has 0 atom stereocenters. The number of fused-ring (bicyclic) bond motifs is 1. The number of rotatable bonds is 2. The number of nitrogens with zero attached hydrogens (tertiary/aromatic N) is 3. The van der Waals surface area contributed by atoms with Crippen LogP contribution in [0.5, 0.6) is 0 Å². The summed E-state index contributed by atoms with van der Waals surface area (Å²) in [6, 6.07) is 16.3. The molecule has 0 bridgehead atoms. The highest BCUT2D eigenvalue weighted by molar-refractivity contribution is 9.10. The number of halogens is 1. The summed E-state index contributed by atoms with van der Waals surface area (Å²) in [4.78, 5) is 31.9. The van der Waals surface area contributed by atoms with Crippen LogP contribution in [0.4, 0.5) is 0 Å². The second-order valence-electron chi connectivity index (χ2n) is 7.16. The topological polar surface area (TPSA) is 85.6 Å². The van der Waals surface area contributed by atoms with Crippen LogP contribution in [-0.4, -0.2) is 35.6 Å². The van der Waals surface area contributed by atoms with Crippen LogP contribution in [0.2, 0.25) is 0 Å². The third-order valence-corrected chi connectivity index (χ3v) is 5.73. The van der Waals surface area contributed by atoms with Crippen LogP contribution < -0.4 is 5.32 Å². The van der Waals surface area contributed by atoms with Crippen LogP contribution >= 0.6 is 15.9 Å². The molecule has 1 N–H and O–H groups in total. The van der Waals surface area contributed by atoms with Gasteiger partial charge in [-0.3, -0.25) is 9.59 Å². The summed E-state index contributed by atoms with van der Waals surface area (Å²) in [6.07, 6.45) is 2.97. The highest BCUT2D eigenvalue weighted by atomic mass is 79.9. The van der Waals surface area contributed by atoms with Crippen LogP contribution in [0.3, 0.4) is 0 Å². The maximum Gasteiger partial charge on any atom is 0.266 e. The number of amides is 2. The molecular weight excluding hydrogens is 444 g/mol. The minimum atomic E-state index is -0.307. The summed E-state index contributed by atoms with van der Waals surface area (Å²) in [5, 5.41) is 12.6. The molecule has 7 heteroatoms. The summed E-state index contributed by atoms with van der Waals surface area (Å²) in [5.74, 6) is -0.267. The number of nitriles is 1. The molecule has 2 aromatic rings. The van der Waals surface area contributed by atoms with Gasteiger partial charge in [0, 0.05) is 34.3 Å². The number of hydrogen-bond acceptors (Lipinski definition) is 4. The molecule has 6 nitrogen and oxygen atoms in total. The van der Waals surface area contributed by atoms with Crippen LogP contribution in [0.15, 0.2) is 63.6 Å². The Labute approximate surface area is 183 Å². The molecule has 2 heterocycles. The van der Waals surface area contributed by atoms with E-state index in [0.717, 1.165) is 23.7 Å². The Kier molecular flexibility index (Phi) is 5.77. The van der Waals surface area contributed by atoms with Gasteiger partial charge in [0.2, 0.25) is 0 Å². The van der Waals surface area contributed by atoms with Gasteiger partial charge in [-0.05, 0) is 43.5 Å². The predicted molar refractivity (Wildman–Crippen MR) is 118 cm³/mol. The number of likely N-dealkylation sites (tertiary alicyclic amines) is 1. The fraction of sp³-hybridized carbons (Fsp3) is 0.217. The van der Waals surface area contributed by atoms with Gasteiger partial charge in [-0.2, -0.15) is 5.26 Å². The van der Waals surface area contributed by atoms with Gasteiger partial charge in [0.1, 0.15) is 17.5 Å². The Balaban J connectivity index is 1.70. The van der Waals surface area contributed by atoms with E-state index in [-0.39, 0.29) is 17.4 Å². The molecule has 150 valence electrons. The second-order valence-corrected chi connectivity index (χ2v) is 8.07. The van der Waals surface area contributed by atoms with E-state index in [4.69, 9.17) is 0 Å². The largest absolute Gasteiger partial charge is 0.338 e. The van der Waals surface area contributed by atoms with E-state index >= 15 is 0 Å². The van der Waals surface area contributed by atoms with Crippen LogP contribution in [0.25, 0.3) is 5.70 Å². The Bertz CT molecular complexity index is 1110. The van der Waals surface area contributed by atoms with Crippen LogP contribution in [-0.2, 0) is 4.79 Å². The third-order valence-electron chi connectivity index (χ3n) is 5.21. The third kappa shape index (κ3) is 3.91. The Hall–Kier alpha value is -3.24. The van der Waals surface area contributed by atoms with Crippen molar-refractivity contribution in [3.63, 3.8) is 0 Å². The molecular formula is C23H19BrN4O2. The van der Waals surface area contributed by atoms with E-state index in [9.17, 15) is 14.9 Å². The molecule has 0 spiro atoms. The summed E-state index contributed by atoms with van der Waals surface area (Å²) in [6.45, 7) is 1.30. The van der Waals surface area contributed by atoms with Gasteiger partial charge >= 0.3 is 0 Å². The van der Waals surface area contributed by atoms with Gasteiger partial charge < -0.3 is 10.2 Å². The average Bonchev–Trinajstić information content (AvgIpc) is 3.13. The molecule has 30 heavy (non-hydrogen) atoms. The monoisotopic (exact) mass is 462 g/mol. The number of amidine groups is 1. The zero-order valence-electron chi connectivity index (χ0n) is 16.2. The SMILES string of the molecule is N#C/C(C(=O)N1CCCCC1)=C1/N=C(NC(=O)c2ccc(Br)cc2)c2ccccc21. The molecule has 2 amide bonds. The smallest absolute Gasteiger partial charge is 0.266 e. The van der Waals surface area contributed by atoms with Crippen molar-refractivity contribution in [3.05, 3.63) is 75.3 Å². The molecule has 1 saturated heterocycles. The molecule has 0 unspecified atom stereocenters. The quantitative estimate of drug-likeness (QED) is 0.542. The maximum atomic E-state index is 13.0. The van der Waals surface area contributed by atoms with E-state index in [2.05, 4.69) is 32.3 Å². The van der Waals surface area contributed by atoms with E-state index in [1.165, 1.54) is 0 Å². The normalized spacial score (nSPS) is 16.9. The molecule has 1 fully saturated rings. The lowest BCUT2D eigenvalue weighted by Gasteiger charge is -2.26. The number of carbonyl (C=O) groups excluding carboxylic acids is 2. The van der Waals surface area contributed by atoms with Crippen LogP contribution in [0, 0.1) is 11.3 Å². The highest BCUT2D eigenvalue weighted by Gasteiger charge is 2.29. The van der Waals surface area contributed by atoms with Crippen molar-refractivity contribution in [2.24, 2.45) is 4.99 Å². The van der Waals surface area contributed by atoms with Crippen molar-refractivity contribution in [2.45, 2.75) is 19.3 Å². The summed E-state index contributed by atoms with van der Waals surface area (Å²) in [5.41, 5.74) is 2.18. The number of aliphatic imine (C=N–C) groups is 1. The minimum Gasteiger partial charge on any atom is -0.338 e. The first kappa shape index (κ1) is 20.0. The Morgan fingerprint density at radius 2 is 1.67 bits per heavy atom. The van der Waals surface area contributed by atoms with E-state index in [1.807, 2.05) is 24.3 Å². The molecule has 2 aromatic carbocycles. The van der Waals surface area contributed by atoms with Crippen molar-refractivity contribution in [1.82, 2.24) is 10.2 Å².